The molecule has 3 rings (SSSR count). The van der Waals surface area contributed by atoms with E-state index in [1.165, 1.54) is 13.0 Å². The van der Waals surface area contributed by atoms with Gasteiger partial charge >= 0.3 is 0 Å². The number of alkyl halides is 5. The third-order valence-corrected chi connectivity index (χ3v) is 4.96. The van der Waals surface area contributed by atoms with Crippen LogP contribution in [0.2, 0.25) is 0 Å². The zero-order chi connectivity index (χ0) is 24.7. The highest BCUT2D eigenvalue weighted by molar-refractivity contribution is 5.94. The molecule has 1 saturated heterocycles. The third-order valence-electron chi connectivity index (χ3n) is 4.96. The van der Waals surface area contributed by atoms with Gasteiger partial charge in [0.1, 0.15) is 0 Å². The Labute approximate surface area is 187 Å². The van der Waals surface area contributed by atoms with Crippen molar-refractivity contribution in [2.24, 2.45) is 0 Å². The van der Waals surface area contributed by atoms with Crippen LogP contribution in [0, 0.1) is 6.92 Å². The minimum absolute atomic E-state index is 0.00347. The zero-order valence-corrected chi connectivity index (χ0v) is 19.5. The largest absolute Gasteiger partial charge is 0.398 e. The van der Waals surface area contributed by atoms with E-state index in [1.807, 2.05) is 6.92 Å². The molecule has 1 aliphatic heterocycles. The van der Waals surface area contributed by atoms with Gasteiger partial charge in [-0.05, 0) is 56.5 Å². The monoisotopic (exact) mass is 459 g/mol. The molecule has 1 fully saturated rings. The highest BCUT2D eigenvalue weighted by Gasteiger charge is 2.35. The summed E-state index contributed by atoms with van der Waals surface area (Å²) in [6.45, 7) is 11.8. The molecular weight excluding hydrogens is 425 g/mol. The maximum Gasteiger partial charge on any atom is 0.272 e. The molecule has 0 radical (unpaired) electrons. The summed E-state index contributed by atoms with van der Waals surface area (Å²) < 4.78 is 62.9. The number of piperidine rings is 1. The van der Waals surface area contributed by atoms with Crippen molar-refractivity contribution in [3.05, 3.63) is 41.6 Å². The summed E-state index contributed by atoms with van der Waals surface area (Å²) in [5.74, 6) is -5.37. The average Bonchev–Trinajstić information content (AvgIpc) is 2.67. The molecule has 1 unspecified atom stereocenters. The van der Waals surface area contributed by atoms with Crippen LogP contribution in [-0.2, 0) is 5.92 Å². The first-order valence-electron chi connectivity index (χ1n) is 10.7. The topological polar surface area (TPSA) is 50.9 Å². The van der Waals surface area contributed by atoms with Gasteiger partial charge in [-0.2, -0.15) is 0 Å². The Morgan fingerprint density at radius 3 is 2.31 bits per heavy atom. The molecule has 1 aromatic heterocycles. The Bertz CT molecular complexity index is 907. The quantitative estimate of drug-likeness (QED) is 0.485. The summed E-state index contributed by atoms with van der Waals surface area (Å²) in [6, 6.07) is 4.93. The number of allylic oxidation sites excluding steroid dienone is 1. The first-order chi connectivity index (χ1) is 14.8. The summed E-state index contributed by atoms with van der Waals surface area (Å²) in [6.07, 6.45) is 0.822. The van der Waals surface area contributed by atoms with Crippen LogP contribution < -0.4 is 11.1 Å². The Morgan fingerprint density at radius 2 is 1.88 bits per heavy atom. The lowest BCUT2D eigenvalue weighted by atomic mass is 9.99. The second-order valence-electron chi connectivity index (χ2n) is 8.11. The molecule has 2 heterocycles. The summed E-state index contributed by atoms with van der Waals surface area (Å²) >= 11 is 0. The second kappa shape index (κ2) is 11.6. The molecule has 0 aliphatic carbocycles. The first-order valence-corrected chi connectivity index (χ1v) is 10.7. The van der Waals surface area contributed by atoms with Crippen LogP contribution in [0.5, 0.6) is 0 Å². The van der Waals surface area contributed by atoms with Gasteiger partial charge in [0.05, 0.1) is 17.9 Å². The van der Waals surface area contributed by atoms with Crippen LogP contribution in [0.3, 0.4) is 0 Å². The Kier molecular flexibility index (Phi) is 10.1. The standard InChI is InChI=1S/C15H16F2N2.C7H13F2N.C2H5F/c1-8(2)13-7-12(18)10-5-9(3)6-11(14(10)19-13)15(4,16)17;1-2-6-5-7(8,9)3-4-10-6;1-2-3/h5-7H,1H2,2-4H3,(H2,18,19);6,10H,2-5H2,1H3;2H2,1H3. The molecule has 1 aliphatic rings. The number of pyridine rings is 1. The van der Waals surface area contributed by atoms with Crippen molar-refractivity contribution in [3.8, 4) is 0 Å². The lowest BCUT2D eigenvalue weighted by molar-refractivity contribution is -0.0413. The number of rotatable bonds is 3. The maximum absolute atomic E-state index is 13.7. The summed E-state index contributed by atoms with van der Waals surface area (Å²) in [5, 5.41) is 3.60. The van der Waals surface area contributed by atoms with Crippen LogP contribution in [-0.4, -0.2) is 30.2 Å². The van der Waals surface area contributed by atoms with Crippen molar-refractivity contribution in [2.75, 3.05) is 19.0 Å². The van der Waals surface area contributed by atoms with Gasteiger partial charge < -0.3 is 11.1 Å². The molecule has 1 aromatic carbocycles. The fraction of sp³-hybridized carbons (Fsp3) is 0.542. The molecule has 8 heteroatoms. The van der Waals surface area contributed by atoms with Crippen molar-refractivity contribution in [1.29, 1.82) is 0 Å². The number of nitrogens with one attached hydrogen (secondary N) is 1. The fourth-order valence-electron chi connectivity index (χ4n) is 3.33. The van der Waals surface area contributed by atoms with Crippen LogP contribution in [0.15, 0.2) is 24.8 Å². The summed E-state index contributed by atoms with van der Waals surface area (Å²) in [5.41, 5.74) is 8.51. The van der Waals surface area contributed by atoms with Crippen LogP contribution in [0.4, 0.5) is 27.6 Å². The van der Waals surface area contributed by atoms with Gasteiger partial charge in [0.25, 0.3) is 11.8 Å². The van der Waals surface area contributed by atoms with Gasteiger partial charge in [0.2, 0.25) is 0 Å². The number of halogens is 5. The number of hydrogen-bond donors (Lipinski definition) is 2. The highest BCUT2D eigenvalue weighted by atomic mass is 19.3. The van der Waals surface area contributed by atoms with E-state index in [1.54, 1.807) is 26.0 Å². The first kappa shape index (κ1) is 27.8. The molecule has 0 amide bonds. The third kappa shape index (κ3) is 8.04. The van der Waals surface area contributed by atoms with E-state index in [-0.39, 0.29) is 36.6 Å². The number of fused-ring (bicyclic) bond motifs is 1. The number of aromatic nitrogens is 1. The van der Waals surface area contributed by atoms with E-state index in [0.29, 0.717) is 28.9 Å². The van der Waals surface area contributed by atoms with Crippen molar-refractivity contribution in [1.82, 2.24) is 10.3 Å². The molecule has 32 heavy (non-hydrogen) atoms. The zero-order valence-electron chi connectivity index (χ0n) is 19.5. The number of aryl methyl sites for hydroxylation is 1. The van der Waals surface area contributed by atoms with Crippen molar-refractivity contribution in [3.63, 3.8) is 0 Å². The second-order valence-corrected chi connectivity index (χ2v) is 8.11. The molecule has 180 valence electrons. The van der Waals surface area contributed by atoms with Gasteiger partial charge in [-0.15, -0.1) is 0 Å². The number of nitrogens with zero attached hydrogens (tertiary/aromatic N) is 1. The summed E-state index contributed by atoms with van der Waals surface area (Å²) in [7, 11) is 0. The minimum Gasteiger partial charge on any atom is -0.398 e. The molecule has 0 saturated carbocycles. The summed E-state index contributed by atoms with van der Waals surface area (Å²) in [4.78, 5) is 4.28. The SMILES string of the molecule is C=C(C)c1cc(N)c2cc(C)cc(C(C)(F)F)c2n1.CCC1CC(F)(F)CCN1.CCF. The predicted octanol–water partition coefficient (Wildman–Crippen LogP) is 7.03. The van der Waals surface area contributed by atoms with Gasteiger partial charge in [-0.25, -0.2) is 22.5 Å². The van der Waals surface area contributed by atoms with Gasteiger partial charge in [-0.3, -0.25) is 4.39 Å². The molecule has 3 N–H and O–H groups in total. The Hall–Kier alpha value is -2.22. The molecular formula is C24H34F5N3. The molecule has 2 aromatic rings. The Balaban J connectivity index is 0.000000330. The molecule has 3 nitrogen and oxygen atoms in total. The molecule has 0 spiro atoms. The predicted molar refractivity (Wildman–Crippen MR) is 123 cm³/mol. The van der Waals surface area contributed by atoms with E-state index in [0.717, 1.165) is 18.9 Å². The van der Waals surface area contributed by atoms with Crippen molar-refractivity contribution in [2.45, 2.75) is 71.8 Å². The number of nitrogens with two attached hydrogens (primary N) is 1. The Morgan fingerprint density at radius 1 is 1.28 bits per heavy atom. The van der Waals surface area contributed by atoms with Gasteiger partial charge in [-0.1, -0.05) is 13.5 Å². The minimum atomic E-state index is -2.96. The number of anilines is 1. The van der Waals surface area contributed by atoms with E-state index in [4.69, 9.17) is 5.73 Å². The van der Waals surface area contributed by atoms with E-state index >= 15 is 0 Å². The number of hydrogen-bond acceptors (Lipinski definition) is 3. The van der Waals surface area contributed by atoms with Crippen LogP contribution >= 0.6 is 0 Å². The number of nitrogen functional groups attached to an aromatic ring is 1. The van der Waals surface area contributed by atoms with E-state index in [2.05, 4.69) is 16.9 Å². The number of benzene rings is 1. The average molecular weight is 460 g/mol. The molecule has 0 bridgehead atoms. The van der Waals surface area contributed by atoms with Crippen molar-refractivity contribution >= 4 is 22.2 Å². The maximum atomic E-state index is 13.7. The normalized spacial score (nSPS) is 17.6. The van der Waals surface area contributed by atoms with Gasteiger partial charge in [0.15, 0.2) is 0 Å². The fourth-order valence-corrected chi connectivity index (χ4v) is 3.33. The smallest absolute Gasteiger partial charge is 0.272 e. The van der Waals surface area contributed by atoms with E-state index < -0.39 is 11.8 Å². The van der Waals surface area contributed by atoms with E-state index in [9.17, 15) is 22.0 Å². The molecule has 1 atom stereocenters. The van der Waals surface area contributed by atoms with Gasteiger partial charge in [0, 0.05) is 49.0 Å². The lowest BCUT2D eigenvalue weighted by Gasteiger charge is -2.29. The van der Waals surface area contributed by atoms with Crippen LogP contribution in [0.25, 0.3) is 16.5 Å². The highest BCUT2D eigenvalue weighted by Crippen LogP contribution is 2.36. The lowest BCUT2D eigenvalue weighted by Crippen LogP contribution is -2.43. The van der Waals surface area contributed by atoms with Crippen molar-refractivity contribution < 1.29 is 22.0 Å². The van der Waals surface area contributed by atoms with Crippen LogP contribution in [0.1, 0.15) is 63.8 Å².